The highest BCUT2D eigenvalue weighted by molar-refractivity contribution is 5.65. The minimum absolute atomic E-state index is 0.228. The van der Waals surface area contributed by atoms with E-state index in [2.05, 4.69) is 10.1 Å². The molecule has 6 nitrogen and oxygen atoms in total. The largest absolute Gasteiger partial charge is 0.497 e. The van der Waals surface area contributed by atoms with Gasteiger partial charge < -0.3 is 18.4 Å². The average molecular weight is 312 g/mol. The number of ether oxygens (including phenoxy) is 2. The van der Waals surface area contributed by atoms with Gasteiger partial charge in [-0.2, -0.15) is 4.98 Å². The Hall–Kier alpha value is -2.76. The summed E-state index contributed by atoms with van der Waals surface area (Å²) in [6.07, 6.45) is 2.65. The molecule has 1 saturated carbocycles. The molecule has 0 saturated heterocycles. The highest BCUT2D eigenvalue weighted by atomic mass is 16.5. The molecule has 2 aromatic heterocycles. The number of nitrogens with zero attached hydrogens (tertiary/aromatic N) is 2. The number of furan rings is 1. The molecule has 2 heterocycles. The minimum atomic E-state index is 0.228. The molecule has 0 N–H and O–H groups in total. The first kappa shape index (κ1) is 13.9. The Morgan fingerprint density at radius 2 is 2.04 bits per heavy atom. The van der Waals surface area contributed by atoms with Crippen LogP contribution in [0.1, 0.15) is 29.9 Å². The molecule has 0 spiro atoms. The Balaban J connectivity index is 1.59. The van der Waals surface area contributed by atoms with Gasteiger partial charge in [-0.3, -0.25) is 0 Å². The normalized spacial score (nSPS) is 19.6. The molecule has 0 amide bonds. The van der Waals surface area contributed by atoms with Crippen molar-refractivity contribution in [1.82, 2.24) is 10.1 Å². The monoisotopic (exact) mass is 312 g/mol. The highest BCUT2D eigenvalue weighted by Gasteiger charge is 2.45. The highest BCUT2D eigenvalue weighted by Crippen LogP contribution is 2.54. The Bertz CT molecular complexity index is 810. The van der Waals surface area contributed by atoms with Crippen LogP contribution in [0.4, 0.5) is 0 Å². The number of hydrogen-bond donors (Lipinski definition) is 0. The molecule has 1 fully saturated rings. The van der Waals surface area contributed by atoms with Gasteiger partial charge in [-0.1, -0.05) is 5.16 Å². The molecule has 118 valence electrons. The smallest absolute Gasteiger partial charge is 0.230 e. The summed E-state index contributed by atoms with van der Waals surface area (Å²) < 4.78 is 21.5. The minimum Gasteiger partial charge on any atom is -0.497 e. The maximum absolute atomic E-state index is 5.44. The van der Waals surface area contributed by atoms with Crippen molar-refractivity contribution in [1.29, 1.82) is 0 Å². The van der Waals surface area contributed by atoms with Gasteiger partial charge in [0.25, 0.3) is 0 Å². The molecule has 23 heavy (non-hydrogen) atoms. The van der Waals surface area contributed by atoms with E-state index in [9.17, 15) is 0 Å². The third-order valence-electron chi connectivity index (χ3n) is 4.11. The zero-order valence-corrected chi connectivity index (χ0v) is 12.9. The molecule has 1 aliphatic rings. The van der Waals surface area contributed by atoms with Crippen LogP contribution in [-0.2, 0) is 0 Å². The summed E-state index contributed by atoms with van der Waals surface area (Å²) in [6.45, 7) is 0. The van der Waals surface area contributed by atoms with Crippen molar-refractivity contribution in [3.05, 3.63) is 48.2 Å². The van der Waals surface area contributed by atoms with E-state index in [1.807, 2.05) is 24.3 Å². The van der Waals surface area contributed by atoms with Gasteiger partial charge in [0, 0.05) is 17.9 Å². The molecular formula is C17H16N2O4. The lowest BCUT2D eigenvalue weighted by Gasteiger charge is -2.07. The second-order valence-electron chi connectivity index (χ2n) is 5.49. The Morgan fingerprint density at radius 3 is 2.78 bits per heavy atom. The van der Waals surface area contributed by atoms with Crippen LogP contribution in [-0.4, -0.2) is 24.4 Å². The molecule has 1 aromatic carbocycles. The lowest BCUT2D eigenvalue weighted by Crippen LogP contribution is -1.91. The summed E-state index contributed by atoms with van der Waals surface area (Å²) in [6, 6.07) is 9.38. The van der Waals surface area contributed by atoms with Gasteiger partial charge in [-0.15, -0.1) is 0 Å². The van der Waals surface area contributed by atoms with E-state index in [1.165, 1.54) is 0 Å². The van der Waals surface area contributed by atoms with Crippen molar-refractivity contribution in [3.8, 4) is 22.9 Å². The van der Waals surface area contributed by atoms with Crippen molar-refractivity contribution in [2.75, 3.05) is 14.2 Å². The zero-order valence-electron chi connectivity index (χ0n) is 12.9. The summed E-state index contributed by atoms with van der Waals surface area (Å²) in [4.78, 5) is 4.53. The first-order chi connectivity index (χ1) is 11.3. The number of methoxy groups -OCH3 is 2. The van der Waals surface area contributed by atoms with Gasteiger partial charge in [0.1, 0.15) is 17.3 Å². The fourth-order valence-electron chi connectivity index (χ4n) is 2.76. The van der Waals surface area contributed by atoms with Gasteiger partial charge in [0.15, 0.2) is 0 Å². The Morgan fingerprint density at radius 1 is 1.13 bits per heavy atom. The molecule has 0 radical (unpaired) electrons. The van der Waals surface area contributed by atoms with Crippen molar-refractivity contribution in [2.24, 2.45) is 0 Å². The number of hydrogen-bond acceptors (Lipinski definition) is 6. The Labute approximate surface area is 133 Å². The molecule has 2 unspecified atom stereocenters. The second kappa shape index (κ2) is 5.46. The van der Waals surface area contributed by atoms with E-state index >= 15 is 0 Å². The molecule has 0 aliphatic heterocycles. The first-order valence-electron chi connectivity index (χ1n) is 7.39. The quantitative estimate of drug-likeness (QED) is 0.716. The van der Waals surface area contributed by atoms with E-state index in [4.69, 9.17) is 18.4 Å². The van der Waals surface area contributed by atoms with E-state index in [1.54, 1.807) is 26.5 Å². The summed E-state index contributed by atoms with van der Waals surface area (Å²) in [5.74, 6) is 4.05. The van der Waals surface area contributed by atoms with Crippen LogP contribution in [0.5, 0.6) is 11.5 Å². The molecule has 0 bridgehead atoms. The number of rotatable bonds is 5. The van der Waals surface area contributed by atoms with Crippen LogP contribution < -0.4 is 9.47 Å². The molecule has 4 rings (SSSR count). The molecular weight excluding hydrogens is 296 g/mol. The predicted octanol–water partition coefficient (Wildman–Crippen LogP) is 3.62. The van der Waals surface area contributed by atoms with E-state index in [-0.39, 0.29) is 5.92 Å². The van der Waals surface area contributed by atoms with Crippen LogP contribution in [0.3, 0.4) is 0 Å². The van der Waals surface area contributed by atoms with Crippen LogP contribution in [0.15, 0.2) is 45.5 Å². The second-order valence-corrected chi connectivity index (χ2v) is 5.49. The number of aromatic nitrogens is 2. The molecule has 1 aliphatic carbocycles. The van der Waals surface area contributed by atoms with Crippen molar-refractivity contribution in [2.45, 2.75) is 18.3 Å². The van der Waals surface area contributed by atoms with Crippen molar-refractivity contribution in [3.63, 3.8) is 0 Å². The standard InChI is InChI=1S/C17H16N2O4/c1-20-10-5-6-11(15(8-10)21-2)16-18-17(23-19-16)13-9-12(13)14-4-3-7-22-14/h3-8,12-13H,9H2,1-2H3. The molecule has 2 atom stereocenters. The van der Waals surface area contributed by atoms with Crippen LogP contribution in [0.25, 0.3) is 11.4 Å². The SMILES string of the molecule is COc1ccc(-c2noc(C3CC3c3ccco3)n2)c(OC)c1. The van der Waals surface area contributed by atoms with Gasteiger partial charge in [-0.05, 0) is 30.7 Å². The van der Waals surface area contributed by atoms with Crippen LogP contribution in [0, 0.1) is 0 Å². The lowest BCUT2D eigenvalue weighted by atomic mass is 10.2. The van der Waals surface area contributed by atoms with Gasteiger partial charge in [0.2, 0.25) is 11.7 Å². The molecule has 6 heteroatoms. The Kier molecular flexibility index (Phi) is 3.29. The summed E-state index contributed by atoms with van der Waals surface area (Å²) in [5, 5.41) is 4.09. The van der Waals surface area contributed by atoms with Crippen molar-refractivity contribution < 1.29 is 18.4 Å². The van der Waals surface area contributed by atoms with Gasteiger partial charge >= 0.3 is 0 Å². The molecule has 3 aromatic rings. The third kappa shape index (κ3) is 2.46. The van der Waals surface area contributed by atoms with Gasteiger partial charge in [-0.25, -0.2) is 0 Å². The maximum Gasteiger partial charge on any atom is 0.230 e. The topological polar surface area (TPSA) is 70.5 Å². The predicted molar refractivity (Wildman–Crippen MR) is 81.6 cm³/mol. The van der Waals surface area contributed by atoms with Crippen LogP contribution >= 0.6 is 0 Å². The first-order valence-corrected chi connectivity index (χ1v) is 7.39. The number of benzene rings is 1. The zero-order chi connectivity index (χ0) is 15.8. The fraction of sp³-hybridized carbons (Fsp3) is 0.294. The summed E-state index contributed by atoms with van der Waals surface area (Å²) in [5.41, 5.74) is 0.776. The summed E-state index contributed by atoms with van der Waals surface area (Å²) >= 11 is 0. The van der Waals surface area contributed by atoms with Crippen molar-refractivity contribution >= 4 is 0 Å². The average Bonchev–Trinajstić information content (AvgIpc) is 3.03. The van der Waals surface area contributed by atoms with E-state index in [0.717, 1.165) is 23.5 Å². The van der Waals surface area contributed by atoms with Crippen LogP contribution in [0.2, 0.25) is 0 Å². The van der Waals surface area contributed by atoms with E-state index < -0.39 is 0 Å². The lowest BCUT2D eigenvalue weighted by molar-refractivity contribution is 0.375. The summed E-state index contributed by atoms with van der Waals surface area (Å²) in [7, 11) is 3.22. The maximum atomic E-state index is 5.44. The van der Waals surface area contributed by atoms with Gasteiger partial charge in [0.05, 0.1) is 26.0 Å². The van der Waals surface area contributed by atoms with E-state index in [0.29, 0.717) is 23.4 Å². The third-order valence-corrected chi connectivity index (χ3v) is 4.11. The fourth-order valence-corrected chi connectivity index (χ4v) is 2.76.